The highest BCUT2D eigenvalue weighted by atomic mass is 19.4. The summed E-state index contributed by atoms with van der Waals surface area (Å²) in [7, 11) is 0. The summed E-state index contributed by atoms with van der Waals surface area (Å²) in [6.07, 6.45) is -0.422. The van der Waals surface area contributed by atoms with Gasteiger partial charge in [-0.05, 0) is 54.3 Å². The van der Waals surface area contributed by atoms with E-state index in [1.807, 2.05) is 11.0 Å². The van der Waals surface area contributed by atoms with Crippen LogP contribution in [-0.4, -0.2) is 33.4 Å². The monoisotopic (exact) mass is 439 g/mol. The SMILES string of the molecule is O=C(c1ccncc1)N1C[C@@H]2C[C@H](C1)c1ccc(-c3cccc(C(F)(F)F)c3)c(=O)n1C2. The van der Waals surface area contributed by atoms with Crippen LogP contribution >= 0.6 is 0 Å². The molecule has 0 aliphatic carbocycles. The molecule has 32 heavy (non-hydrogen) atoms. The number of pyridine rings is 2. The highest BCUT2D eigenvalue weighted by molar-refractivity contribution is 5.94. The first-order valence-electron chi connectivity index (χ1n) is 10.4. The molecule has 2 aromatic heterocycles. The molecule has 3 aromatic rings. The molecule has 0 N–H and O–H groups in total. The number of alkyl halides is 3. The average Bonchev–Trinajstić information content (AvgIpc) is 2.79. The molecule has 1 saturated heterocycles. The average molecular weight is 439 g/mol. The number of hydrogen-bond donors (Lipinski definition) is 0. The molecule has 2 atom stereocenters. The number of carbonyl (C=O) groups excluding carboxylic acids is 1. The molecule has 1 fully saturated rings. The number of hydrogen-bond acceptors (Lipinski definition) is 3. The number of amides is 1. The molecule has 0 saturated carbocycles. The Labute approximate surface area is 182 Å². The molecule has 2 aliphatic rings. The topological polar surface area (TPSA) is 55.2 Å². The third-order valence-electron chi connectivity index (χ3n) is 6.32. The molecule has 5 rings (SSSR count). The van der Waals surface area contributed by atoms with Gasteiger partial charge >= 0.3 is 6.18 Å². The van der Waals surface area contributed by atoms with E-state index in [-0.39, 0.29) is 34.4 Å². The van der Waals surface area contributed by atoms with Crippen molar-refractivity contribution < 1.29 is 18.0 Å². The van der Waals surface area contributed by atoms with Crippen LogP contribution in [0.1, 0.15) is 34.0 Å². The Morgan fingerprint density at radius 2 is 1.78 bits per heavy atom. The zero-order valence-electron chi connectivity index (χ0n) is 17.0. The zero-order valence-corrected chi connectivity index (χ0v) is 17.0. The van der Waals surface area contributed by atoms with Crippen molar-refractivity contribution in [3.8, 4) is 11.1 Å². The quantitative estimate of drug-likeness (QED) is 0.602. The summed E-state index contributed by atoms with van der Waals surface area (Å²) >= 11 is 0. The second-order valence-electron chi connectivity index (χ2n) is 8.41. The number of halogens is 3. The maximum absolute atomic E-state index is 13.2. The van der Waals surface area contributed by atoms with Crippen molar-refractivity contribution in [2.24, 2.45) is 5.92 Å². The van der Waals surface area contributed by atoms with Gasteiger partial charge in [-0.15, -0.1) is 0 Å². The number of benzene rings is 1. The van der Waals surface area contributed by atoms with Crippen molar-refractivity contribution in [3.63, 3.8) is 0 Å². The third-order valence-corrected chi connectivity index (χ3v) is 6.32. The van der Waals surface area contributed by atoms with Gasteiger partial charge in [-0.3, -0.25) is 14.6 Å². The molecular formula is C24H20F3N3O2. The Bertz CT molecular complexity index is 1240. The number of fused-ring (bicyclic) bond motifs is 4. The summed E-state index contributed by atoms with van der Waals surface area (Å²) in [4.78, 5) is 31.9. The highest BCUT2D eigenvalue weighted by Gasteiger charge is 2.37. The maximum Gasteiger partial charge on any atom is 0.416 e. The van der Waals surface area contributed by atoms with Gasteiger partial charge in [-0.25, -0.2) is 0 Å². The van der Waals surface area contributed by atoms with E-state index in [1.165, 1.54) is 12.1 Å². The lowest BCUT2D eigenvalue weighted by Gasteiger charge is -2.43. The first-order valence-corrected chi connectivity index (χ1v) is 10.4. The van der Waals surface area contributed by atoms with E-state index < -0.39 is 11.7 Å². The molecule has 4 heterocycles. The number of rotatable bonds is 2. The molecule has 2 bridgehead atoms. The standard InChI is InChI=1S/C24H20F3N3O2/c25-24(26,27)19-3-1-2-17(11-19)20-4-5-21-18-10-15(13-30(21)23(20)32)12-29(14-18)22(31)16-6-8-28-9-7-16/h1-9,11,15,18H,10,12-14H2/t15-,18+/m0/s1. The molecule has 5 nitrogen and oxygen atoms in total. The summed E-state index contributed by atoms with van der Waals surface area (Å²) in [5.41, 5.74) is 0.853. The van der Waals surface area contributed by atoms with Crippen LogP contribution in [0.3, 0.4) is 0 Å². The van der Waals surface area contributed by atoms with Crippen LogP contribution in [-0.2, 0) is 12.7 Å². The Morgan fingerprint density at radius 1 is 1.00 bits per heavy atom. The third kappa shape index (κ3) is 3.59. The Morgan fingerprint density at radius 3 is 2.53 bits per heavy atom. The van der Waals surface area contributed by atoms with Gasteiger partial charge in [0.05, 0.1) is 5.56 Å². The lowest BCUT2D eigenvalue weighted by atomic mass is 9.82. The summed E-state index contributed by atoms with van der Waals surface area (Å²) < 4.78 is 41.0. The van der Waals surface area contributed by atoms with E-state index in [9.17, 15) is 22.8 Å². The van der Waals surface area contributed by atoms with Crippen molar-refractivity contribution in [3.05, 3.63) is 88.1 Å². The fraction of sp³-hybridized carbons (Fsp3) is 0.292. The van der Waals surface area contributed by atoms with E-state index in [0.717, 1.165) is 24.2 Å². The van der Waals surface area contributed by atoms with Crippen LogP contribution in [0.25, 0.3) is 11.1 Å². The fourth-order valence-electron chi connectivity index (χ4n) is 4.87. The number of aromatic nitrogens is 2. The van der Waals surface area contributed by atoms with Crippen LogP contribution in [0.15, 0.2) is 65.7 Å². The minimum atomic E-state index is -4.47. The van der Waals surface area contributed by atoms with Crippen molar-refractivity contribution in [1.82, 2.24) is 14.5 Å². The Balaban J connectivity index is 1.47. The predicted octanol–water partition coefficient (Wildman–Crippen LogP) is 4.19. The lowest BCUT2D eigenvalue weighted by Crippen LogP contribution is -2.49. The van der Waals surface area contributed by atoms with E-state index in [0.29, 0.717) is 25.2 Å². The second kappa shape index (κ2) is 7.62. The fourth-order valence-corrected chi connectivity index (χ4v) is 4.87. The molecule has 1 amide bonds. The van der Waals surface area contributed by atoms with Crippen LogP contribution in [0, 0.1) is 5.92 Å². The molecular weight excluding hydrogens is 419 g/mol. The molecule has 8 heteroatoms. The smallest absolute Gasteiger partial charge is 0.338 e. The molecule has 164 valence electrons. The molecule has 0 unspecified atom stereocenters. The van der Waals surface area contributed by atoms with Crippen molar-refractivity contribution in [2.75, 3.05) is 13.1 Å². The lowest BCUT2D eigenvalue weighted by molar-refractivity contribution is -0.137. The maximum atomic E-state index is 13.2. The summed E-state index contributed by atoms with van der Waals surface area (Å²) in [6, 6.07) is 11.7. The molecule has 0 spiro atoms. The van der Waals surface area contributed by atoms with Gasteiger partial charge in [0.1, 0.15) is 0 Å². The van der Waals surface area contributed by atoms with E-state index in [1.54, 1.807) is 35.2 Å². The minimum absolute atomic E-state index is 0.0107. The Kier molecular flexibility index (Phi) is 4.87. The van der Waals surface area contributed by atoms with Gasteiger partial charge in [0.2, 0.25) is 0 Å². The van der Waals surface area contributed by atoms with Gasteiger partial charge in [-0.1, -0.05) is 12.1 Å². The van der Waals surface area contributed by atoms with E-state index in [4.69, 9.17) is 0 Å². The zero-order chi connectivity index (χ0) is 22.5. The van der Waals surface area contributed by atoms with Gasteiger partial charge in [0.15, 0.2) is 0 Å². The van der Waals surface area contributed by atoms with E-state index >= 15 is 0 Å². The van der Waals surface area contributed by atoms with Gasteiger partial charge in [0, 0.05) is 54.8 Å². The number of carbonyl (C=O) groups is 1. The molecule has 0 radical (unpaired) electrons. The van der Waals surface area contributed by atoms with Gasteiger partial charge in [0.25, 0.3) is 11.5 Å². The Hall–Kier alpha value is -3.42. The largest absolute Gasteiger partial charge is 0.416 e. The first kappa shape index (κ1) is 20.5. The normalized spacial score (nSPS) is 20.0. The van der Waals surface area contributed by atoms with E-state index in [2.05, 4.69) is 4.98 Å². The minimum Gasteiger partial charge on any atom is -0.338 e. The number of likely N-dealkylation sites (tertiary alicyclic amines) is 1. The number of piperidine rings is 1. The van der Waals surface area contributed by atoms with Gasteiger partial charge in [-0.2, -0.15) is 13.2 Å². The molecule has 2 aliphatic heterocycles. The van der Waals surface area contributed by atoms with Crippen LogP contribution < -0.4 is 5.56 Å². The van der Waals surface area contributed by atoms with Crippen LogP contribution in [0.2, 0.25) is 0 Å². The summed E-state index contributed by atoms with van der Waals surface area (Å²) in [5.74, 6) is 0.0662. The highest BCUT2D eigenvalue weighted by Crippen LogP contribution is 2.37. The van der Waals surface area contributed by atoms with Crippen molar-refractivity contribution in [2.45, 2.75) is 25.1 Å². The summed E-state index contributed by atoms with van der Waals surface area (Å²) in [5, 5.41) is 0. The number of nitrogens with zero attached hydrogens (tertiary/aromatic N) is 3. The van der Waals surface area contributed by atoms with Gasteiger partial charge < -0.3 is 9.47 Å². The van der Waals surface area contributed by atoms with Crippen LogP contribution in [0.5, 0.6) is 0 Å². The van der Waals surface area contributed by atoms with Crippen molar-refractivity contribution >= 4 is 5.91 Å². The summed E-state index contributed by atoms with van der Waals surface area (Å²) in [6.45, 7) is 1.48. The second-order valence-corrected chi connectivity index (χ2v) is 8.41. The van der Waals surface area contributed by atoms with Crippen LogP contribution in [0.4, 0.5) is 13.2 Å². The molecule has 1 aromatic carbocycles. The van der Waals surface area contributed by atoms with Crippen molar-refractivity contribution in [1.29, 1.82) is 0 Å². The first-order chi connectivity index (χ1) is 15.3. The predicted molar refractivity (Wildman–Crippen MR) is 112 cm³/mol.